The van der Waals surface area contributed by atoms with Crippen molar-refractivity contribution in [3.05, 3.63) is 255 Å². The van der Waals surface area contributed by atoms with Crippen LogP contribution in [0.4, 0.5) is 0 Å². The van der Waals surface area contributed by atoms with Gasteiger partial charge in [0.05, 0.1) is 11.2 Å². The largest absolute Gasteiger partial charge is 0.309 e. The van der Waals surface area contributed by atoms with E-state index in [0.717, 1.165) is 10.9 Å². The Morgan fingerprint density at radius 3 is 1.61 bits per heavy atom. The maximum absolute atomic E-state index is 3.56. The average molecular weight is 947 g/mol. The van der Waals surface area contributed by atoms with Crippen molar-refractivity contribution in [3.8, 4) is 50.3 Å². The molecule has 5 aliphatic carbocycles. The van der Waals surface area contributed by atoms with Crippen molar-refractivity contribution < 1.29 is 0 Å². The van der Waals surface area contributed by atoms with Gasteiger partial charge in [0.15, 0.2) is 0 Å². The number of fused-ring (bicyclic) bond motifs is 15. The SMILES string of the molecule is CC1(C)c2ccccc2-c2ccc(-n3c4c(c5ccccc53)-c3cccc5cccc-4c35)cc21.CC1(C)c2ccccc2-c2ccc(Br)cc21.c1ccc2c(c1)CC1=C2c2cccc3cccc1c23. The van der Waals surface area contributed by atoms with Crippen molar-refractivity contribution in [2.75, 3.05) is 0 Å². The normalized spacial score (nSPS) is 14.9. The summed E-state index contributed by atoms with van der Waals surface area (Å²) in [4.78, 5) is 0. The Bertz CT molecular complexity index is 4050. The van der Waals surface area contributed by atoms with Crippen LogP contribution in [0, 0.1) is 0 Å². The predicted molar refractivity (Wildman–Crippen MR) is 294 cm³/mol. The zero-order valence-electron chi connectivity index (χ0n) is 39.2. The summed E-state index contributed by atoms with van der Waals surface area (Å²) in [6.07, 6.45) is 1.08. The quantitative estimate of drug-likeness (QED) is 0.155. The molecule has 0 N–H and O–H groups in total. The lowest BCUT2D eigenvalue weighted by Gasteiger charge is -2.22. The molecule has 0 radical (unpaired) electrons. The van der Waals surface area contributed by atoms with Crippen molar-refractivity contribution in [1.82, 2.24) is 4.57 Å². The molecule has 10 aromatic carbocycles. The van der Waals surface area contributed by atoms with Gasteiger partial charge in [-0.3, -0.25) is 0 Å². The van der Waals surface area contributed by atoms with Gasteiger partial charge in [-0.2, -0.15) is 0 Å². The minimum absolute atomic E-state index is 0.0168. The number of halogens is 1. The molecule has 0 saturated heterocycles. The number of hydrogen-bond donors (Lipinski definition) is 0. The Kier molecular flexibility index (Phi) is 8.66. The predicted octanol–water partition coefficient (Wildman–Crippen LogP) is 18.2. The van der Waals surface area contributed by atoms with Crippen molar-refractivity contribution in [2.45, 2.75) is 44.9 Å². The van der Waals surface area contributed by atoms with Crippen LogP contribution in [0.3, 0.4) is 0 Å². The number of hydrogen-bond acceptors (Lipinski definition) is 0. The summed E-state index contributed by atoms with van der Waals surface area (Å²) in [5, 5.41) is 6.83. The molecule has 0 atom stereocenters. The molecule has 0 saturated carbocycles. The number of aromatic nitrogens is 1. The second-order valence-corrected chi connectivity index (χ2v) is 21.4. The molecule has 5 aliphatic rings. The van der Waals surface area contributed by atoms with Gasteiger partial charge in [-0.05, 0) is 142 Å². The lowest BCUT2D eigenvalue weighted by atomic mass is 9.82. The zero-order chi connectivity index (χ0) is 46.3. The first-order valence-corrected chi connectivity index (χ1v) is 25.1. The third-order valence-corrected chi connectivity index (χ3v) is 16.6. The van der Waals surface area contributed by atoms with Gasteiger partial charge < -0.3 is 4.57 Å². The summed E-state index contributed by atoms with van der Waals surface area (Å²) in [6.45, 7) is 9.31. The van der Waals surface area contributed by atoms with E-state index in [1.807, 2.05) is 0 Å². The monoisotopic (exact) mass is 945 g/mol. The van der Waals surface area contributed by atoms with Gasteiger partial charge in [0.2, 0.25) is 0 Å². The van der Waals surface area contributed by atoms with E-state index in [0.29, 0.717) is 0 Å². The maximum atomic E-state index is 3.56. The third-order valence-electron chi connectivity index (χ3n) is 16.1. The summed E-state index contributed by atoms with van der Waals surface area (Å²) >= 11 is 3.56. The third kappa shape index (κ3) is 5.70. The highest BCUT2D eigenvalue weighted by molar-refractivity contribution is 9.10. The van der Waals surface area contributed by atoms with Crippen LogP contribution in [-0.4, -0.2) is 4.57 Å². The Morgan fingerprint density at radius 2 is 0.913 bits per heavy atom. The fourth-order valence-electron chi connectivity index (χ4n) is 13.0. The lowest BCUT2D eigenvalue weighted by molar-refractivity contribution is 0.660. The summed E-state index contributed by atoms with van der Waals surface area (Å²) in [6, 6.07) is 75.7. The minimum Gasteiger partial charge on any atom is -0.309 e. The number of benzene rings is 10. The van der Waals surface area contributed by atoms with E-state index in [2.05, 4.69) is 254 Å². The molecule has 0 aliphatic heterocycles. The number of rotatable bonds is 1. The highest BCUT2D eigenvalue weighted by atomic mass is 79.9. The average Bonchev–Trinajstić information content (AvgIpc) is 4.19. The van der Waals surface area contributed by atoms with Crippen LogP contribution >= 0.6 is 15.9 Å². The van der Waals surface area contributed by atoms with Gasteiger partial charge in [-0.1, -0.05) is 220 Å². The van der Waals surface area contributed by atoms with Crippen LogP contribution in [0.2, 0.25) is 0 Å². The number of allylic oxidation sites excluding steroid dienone is 1. The van der Waals surface area contributed by atoms with Gasteiger partial charge in [-0.25, -0.2) is 0 Å². The van der Waals surface area contributed by atoms with E-state index >= 15 is 0 Å². The fraction of sp³-hybridized carbons (Fsp3) is 0.104. The van der Waals surface area contributed by atoms with Crippen molar-refractivity contribution in [2.24, 2.45) is 0 Å². The molecule has 69 heavy (non-hydrogen) atoms. The van der Waals surface area contributed by atoms with Crippen molar-refractivity contribution >= 4 is 59.5 Å². The molecule has 2 heteroatoms. The molecule has 0 bridgehead atoms. The Morgan fingerprint density at radius 1 is 0.406 bits per heavy atom. The minimum atomic E-state index is -0.0168. The second kappa shape index (κ2) is 14.7. The number of nitrogens with zero attached hydrogens (tertiary/aromatic N) is 1. The van der Waals surface area contributed by atoms with Crippen molar-refractivity contribution in [3.63, 3.8) is 0 Å². The molecule has 0 unspecified atom stereocenters. The molecular formula is C67H48BrN. The van der Waals surface area contributed by atoms with Gasteiger partial charge in [0, 0.05) is 37.5 Å². The zero-order valence-corrected chi connectivity index (χ0v) is 40.7. The van der Waals surface area contributed by atoms with E-state index in [1.165, 1.54) is 138 Å². The van der Waals surface area contributed by atoms with Gasteiger partial charge >= 0.3 is 0 Å². The smallest absolute Gasteiger partial charge is 0.0626 e. The first-order chi connectivity index (χ1) is 33.7. The lowest BCUT2D eigenvalue weighted by Crippen LogP contribution is -2.15. The first kappa shape index (κ1) is 40.5. The van der Waals surface area contributed by atoms with Crippen LogP contribution < -0.4 is 0 Å². The van der Waals surface area contributed by atoms with E-state index in [9.17, 15) is 0 Å². The Hall–Kier alpha value is -7.52. The Labute approximate surface area is 412 Å². The van der Waals surface area contributed by atoms with Crippen LogP contribution in [0.15, 0.2) is 211 Å². The van der Waals surface area contributed by atoms with Crippen LogP contribution in [0.25, 0.3) is 93.9 Å². The van der Waals surface area contributed by atoms with E-state index in [-0.39, 0.29) is 10.8 Å². The highest BCUT2D eigenvalue weighted by Gasteiger charge is 2.38. The molecule has 0 spiro atoms. The molecule has 0 amide bonds. The van der Waals surface area contributed by atoms with E-state index in [1.54, 1.807) is 0 Å². The van der Waals surface area contributed by atoms with E-state index in [4.69, 9.17) is 0 Å². The molecule has 16 rings (SSSR count). The highest BCUT2D eigenvalue weighted by Crippen LogP contribution is 2.55. The molecule has 0 fully saturated rings. The van der Waals surface area contributed by atoms with Gasteiger partial charge in [0.1, 0.15) is 0 Å². The Balaban J connectivity index is 0.000000108. The molecule has 1 aromatic heterocycles. The summed E-state index contributed by atoms with van der Waals surface area (Å²) in [5.41, 5.74) is 27.9. The molecule has 1 nitrogen and oxygen atoms in total. The maximum Gasteiger partial charge on any atom is 0.0626 e. The fourth-order valence-corrected chi connectivity index (χ4v) is 13.3. The summed E-state index contributed by atoms with van der Waals surface area (Å²) in [5.74, 6) is 0. The standard InChI is InChI=1S/C33H23N.C19H12.C15H13Br/c1-33(2)27-15-5-3-11-22(27)23-18-17-21(19-28(23)33)34-29-16-6-4-12-24(29)31-25-13-7-9-20-10-8-14-26(30(20)25)32(31)34;1-2-8-14-13(5-1)11-17-15-9-3-6-12-7-4-10-16(18(12)15)19(14)17;1-15(2)13-6-4-3-5-11(13)12-8-7-10(16)9-14(12)15/h3-19H,1-2H3;1-10H,11H2;3-9H,1-2H3. The summed E-state index contributed by atoms with van der Waals surface area (Å²) < 4.78 is 3.66. The van der Waals surface area contributed by atoms with Crippen LogP contribution in [0.1, 0.15) is 72.2 Å². The van der Waals surface area contributed by atoms with Gasteiger partial charge in [0.25, 0.3) is 0 Å². The molecular weight excluding hydrogens is 899 g/mol. The van der Waals surface area contributed by atoms with Gasteiger partial charge in [-0.15, -0.1) is 0 Å². The number of para-hydroxylation sites is 1. The second-order valence-electron chi connectivity index (χ2n) is 20.4. The molecule has 11 aromatic rings. The van der Waals surface area contributed by atoms with Crippen LogP contribution in [0.5, 0.6) is 0 Å². The summed E-state index contributed by atoms with van der Waals surface area (Å²) in [7, 11) is 0. The van der Waals surface area contributed by atoms with E-state index < -0.39 is 0 Å². The molecule has 328 valence electrons. The molecule has 1 heterocycles. The topological polar surface area (TPSA) is 4.93 Å². The van der Waals surface area contributed by atoms with Crippen molar-refractivity contribution in [1.29, 1.82) is 0 Å². The van der Waals surface area contributed by atoms with Crippen LogP contribution in [-0.2, 0) is 17.3 Å². The first-order valence-electron chi connectivity index (χ1n) is 24.3.